The minimum atomic E-state index is -0.325. The third-order valence-electron chi connectivity index (χ3n) is 4.13. The third kappa shape index (κ3) is 2.76. The number of benzene rings is 1. The summed E-state index contributed by atoms with van der Waals surface area (Å²) in [6.45, 7) is 3.77. The molecule has 0 aliphatic heterocycles. The Morgan fingerprint density at radius 3 is 2.50 bits per heavy atom. The number of aliphatic hydroxyl groups excluding tert-OH is 1. The van der Waals surface area contributed by atoms with Crippen molar-refractivity contribution in [3.05, 3.63) is 60.1 Å². The Morgan fingerprint density at radius 1 is 1.08 bits per heavy atom. The highest BCUT2D eigenvalue weighted by Crippen LogP contribution is 2.33. The first-order valence-electron chi connectivity index (χ1n) is 8.28. The van der Waals surface area contributed by atoms with Crippen LogP contribution in [0.1, 0.15) is 31.5 Å². The number of aliphatic hydroxyl groups is 1. The summed E-state index contributed by atoms with van der Waals surface area (Å²) in [5, 5.41) is 17.8. The van der Waals surface area contributed by atoms with E-state index >= 15 is 0 Å². The summed E-state index contributed by atoms with van der Waals surface area (Å²) in [7, 11) is 0. The monoisotopic (exact) mass is 352 g/mol. The summed E-state index contributed by atoms with van der Waals surface area (Å²) >= 11 is 0. The molecule has 0 saturated carbocycles. The quantitative estimate of drug-likeness (QED) is 0.604. The molecule has 0 amide bonds. The predicted molar refractivity (Wildman–Crippen MR) is 93.9 cm³/mol. The van der Waals surface area contributed by atoms with Crippen LogP contribution in [-0.4, -0.2) is 24.7 Å². The zero-order chi connectivity index (χ0) is 18.3. The number of hydrogen-bond acceptors (Lipinski definition) is 5. The van der Waals surface area contributed by atoms with Gasteiger partial charge in [-0.1, -0.05) is 13.8 Å². The average molecular weight is 352 g/mol. The molecule has 0 aliphatic carbocycles. The fourth-order valence-electron chi connectivity index (χ4n) is 2.87. The standard InChI is InChI=1S/C19H17FN4O2/c1-11(2)19-23-22-15-8-5-13(9-24(15)19)18-17(21-16(10-25)26-18)12-3-6-14(20)7-4-12/h3-9,11,25H,10H2,1-2H3. The number of nitrogens with zero attached hydrogens (tertiary/aromatic N) is 4. The molecule has 0 aliphatic rings. The second kappa shape index (κ2) is 6.34. The van der Waals surface area contributed by atoms with E-state index in [2.05, 4.69) is 15.2 Å². The lowest BCUT2D eigenvalue weighted by molar-refractivity contribution is 0.241. The van der Waals surface area contributed by atoms with E-state index in [1.807, 2.05) is 36.6 Å². The fourth-order valence-corrected chi connectivity index (χ4v) is 2.87. The first kappa shape index (κ1) is 16.4. The SMILES string of the molecule is CC(C)c1nnc2ccc(-c3oc(CO)nc3-c3ccc(F)cc3)cn12. The van der Waals surface area contributed by atoms with Gasteiger partial charge in [0.1, 0.15) is 23.9 Å². The molecule has 3 heterocycles. The first-order chi connectivity index (χ1) is 12.6. The highest BCUT2D eigenvalue weighted by atomic mass is 19.1. The minimum Gasteiger partial charge on any atom is -0.437 e. The van der Waals surface area contributed by atoms with Crippen molar-refractivity contribution >= 4 is 5.65 Å². The number of oxazole rings is 1. The molecule has 0 fully saturated rings. The Hall–Kier alpha value is -3.06. The number of fused-ring (bicyclic) bond motifs is 1. The summed E-state index contributed by atoms with van der Waals surface area (Å²) in [5.74, 6) is 1.43. The molecule has 26 heavy (non-hydrogen) atoms. The van der Waals surface area contributed by atoms with E-state index in [0.29, 0.717) is 17.0 Å². The van der Waals surface area contributed by atoms with E-state index in [1.165, 1.54) is 12.1 Å². The number of pyridine rings is 1. The molecule has 0 saturated heterocycles. The maximum absolute atomic E-state index is 13.3. The van der Waals surface area contributed by atoms with Crippen LogP contribution < -0.4 is 0 Å². The second-order valence-corrected chi connectivity index (χ2v) is 6.31. The van der Waals surface area contributed by atoms with Crippen molar-refractivity contribution in [2.24, 2.45) is 0 Å². The molecular weight excluding hydrogens is 335 g/mol. The lowest BCUT2D eigenvalue weighted by Gasteiger charge is -2.06. The van der Waals surface area contributed by atoms with Gasteiger partial charge >= 0.3 is 0 Å². The maximum atomic E-state index is 13.3. The number of aromatic nitrogens is 4. The molecule has 0 spiro atoms. The zero-order valence-electron chi connectivity index (χ0n) is 14.3. The van der Waals surface area contributed by atoms with Gasteiger partial charge in [-0.15, -0.1) is 10.2 Å². The maximum Gasteiger partial charge on any atom is 0.221 e. The molecule has 1 aromatic carbocycles. The second-order valence-electron chi connectivity index (χ2n) is 6.31. The Bertz CT molecular complexity index is 1070. The molecule has 0 atom stereocenters. The molecule has 0 radical (unpaired) electrons. The molecule has 0 bridgehead atoms. The summed E-state index contributed by atoms with van der Waals surface area (Å²) in [6, 6.07) is 9.72. The molecule has 132 valence electrons. The molecule has 6 nitrogen and oxygen atoms in total. The smallest absolute Gasteiger partial charge is 0.221 e. The van der Waals surface area contributed by atoms with Gasteiger partial charge in [0.15, 0.2) is 11.4 Å². The van der Waals surface area contributed by atoms with Crippen molar-refractivity contribution in [3.63, 3.8) is 0 Å². The number of halogens is 1. The van der Waals surface area contributed by atoms with E-state index in [4.69, 9.17) is 4.42 Å². The molecule has 3 aromatic heterocycles. The molecule has 7 heteroatoms. The molecular formula is C19H17FN4O2. The summed E-state index contributed by atoms with van der Waals surface area (Å²) in [6.07, 6.45) is 1.89. The van der Waals surface area contributed by atoms with Gasteiger partial charge in [-0.3, -0.25) is 4.40 Å². The van der Waals surface area contributed by atoms with Crippen LogP contribution in [0.4, 0.5) is 4.39 Å². The average Bonchev–Trinajstić information content (AvgIpc) is 3.26. The topological polar surface area (TPSA) is 76.5 Å². The van der Waals surface area contributed by atoms with Gasteiger partial charge in [0.25, 0.3) is 0 Å². The van der Waals surface area contributed by atoms with Crippen molar-refractivity contribution in [2.45, 2.75) is 26.4 Å². The van der Waals surface area contributed by atoms with Crippen LogP contribution >= 0.6 is 0 Å². The van der Waals surface area contributed by atoms with E-state index in [0.717, 1.165) is 17.0 Å². The van der Waals surface area contributed by atoms with Crippen LogP contribution in [0.3, 0.4) is 0 Å². The Kier molecular flexibility index (Phi) is 4.00. The van der Waals surface area contributed by atoms with E-state index in [9.17, 15) is 9.50 Å². The van der Waals surface area contributed by atoms with E-state index in [-0.39, 0.29) is 24.2 Å². The van der Waals surface area contributed by atoms with Crippen molar-refractivity contribution in [2.75, 3.05) is 0 Å². The fraction of sp³-hybridized carbons (Fsp3) is 0.211. The highest BCUT2D eigenvalue weighted by molar-refractivity contribution is 5.77. The summed E-state index contributed by atoms with van der Waals surface area (Å²) in [4.78, 5) is 4.35. The molecule has 4 aromatic rings. The van der Waals surface area contributed by atoms with Crippen molar-refractivity contribution in [1.82, 2.24) is 19.6 Å². The summed E-state index contributed by atoms with van der Waals surface area (Å²) < 4.78 is 20.9. The van der Waals surface area contributed by atoms with Crippen LogP contribution in [0.5, 0.6) is 0 Å². The van der Waals surface area contributed by atoms with E-state index < -0.39 is 0 Å². The Labute approximate surface area is 149 Å². The number of hydrogen-bond donors (Lipinski definition) is 1. The zero-order valence-corrected chi connectivity index (χ0v) is 14.3. The van der Waals surface area contributed by atoms with Gasteiger partial charge in [-0.2, -0.15) is 0 Å². The van der Waals surface area contributed by atoms with Crippen molar-refractivity contribution in [3.8, 4) is 22.6 Å². The van der Waals surface area contributed by atoms with Gasteiger partial charge < -0.3 is 9.52 Å². The van der Waals surface area contributed by atoms with Gasteiger partial charge in [0, 0.05) is 23.2 Å². The van der Waals surface area contributed by atoms with Gasteiger partial charge in [0.2, 0.25) is 5.89 Å². The van der Waals surface area contributed by atoms with Crippen molar-refractivity contribution in [1.29, 1.82) is 0 Å². The van der Waals surface area contributed by atoms with Crippen LogP contribution in [0.2, 0.25) is 0 Å². The molecule has 4 rings (SSSR count). The predicted octanol–water partition coefficient (Wildman–Crippen LogP) is 3.81. The molecule has 0 unspecified atom stereocenters. The van der Waals surface area contributed by atoms with Crippen molar-refractivity contribution < 1.29 is 13.9 Å². The van der Waals surface area contributed by atoms with E-state index in [1.54, 1.807) is 12.1 Å². The summed E-state index contributed by atoms with van der Waals surface area (Å²) in [5.41, 5.74) is 2.76. The van der Waals surface area contributed by atoms with Gasteiger partial charge in [0.05, 0.1) is 0 Å². The molecule has 1 N–H and O–H groups in total. The Balaban J connectivity index is 1.89. The van der Waals surface area contributed by atoms with Crippen LogP contribution in [0.15, 0.2) is 47.0 Å². The Morgan fingerprint density at radius 2 is 1.81 bits per heavy atom. The lowest BCUT2D eigenvalue weighted by Crippen LogP contribution is -1.97. The highest BCUT2D eigenvalue weighted by Gasteiger charge is 2.18. The normalized spacial score (nSPS) is 11.6. The number of rotatable bonds is 4. The van der Waals surface area contributed by atoms with Crippen LogP contribution in [0, 0.1) is 5.82 Å². The largest absolute Gasteiger partial charge is 0.437 e. The third-order valence-corrected chi connectivity index (χ3v) is 4.13. The lowest BCUT2D eigenvalue weighted by atomic mass is 10.1. The van der Waals surface area contributed by atoms with Crippen LogP contribution in [-0.2, 0) is 6.61 Å². The van der Waals surface area contributed by atoms with Gasteiger partial charge in [-0.05, 0) is 36.4 Å². The van der Waals surface area contributed by atoms with Gasteiger partial charge in [-0.25, -0.2) is 9.37 Å². The van der Waals surface area contributed by atoms with Crippen LogP contribution in [0.25, 0.3) is 28.2 Å². The minimum absolute atomic E-state index is 0.201. The first-order valence-corrected chi connectivity index (χ1v) is 8.28.